The second-order valence-electron chi connectivity index (χ2n) is 3.31. The first-order valence-corrected chi connectivity index (χ1v) is 6.22. The maximum Gasteiger partial charge on any atom is 0.0603 e. The van der Waals surface area contributed by atoms with Gasteiger partial charge in [-0.05, 0) is 31.2 Å². The van der Waals surface area contributed by atoms with Crippen LogP contribution < -0.4 is 5.32 Å². The molecule has 2 rings (SSSR count). The Kier molecular flexibility index (Phi) is 3.61. The Hall–Kier alpha value is 0.110. The van der Waals surface area contributed by atoms with Crippen LogP contribution in [0.3, 0.4) is 0 Å². The van der Waals surface area contributed by atoms with Crippen LogP contribution in [0.2, 0.25) is 10.0 Å². The minimum absolute atomic E-state index is 0.626. The molecule has 0 saturated carbocycles. The molecule has 1 fully saturated rings. The molecular weight excluding hydrogens is 237 g/mol. The molecule has 0 aliphatic carbocycles. The lowest BCUT2D eigenvalue weighted by molar-refractivity contribution is 0.858. The van der Waals surface area contributed by atoms with Gasteiger partial charge in [0.1, 0.15) is 0 Å². The summed E-state index contributed by atoms with van der Waals surface area (Å²) < 4.78 is 0. The van der Waals surface area contributed by atoms with Crippen molar-refractivity contribution in [1.29, 1.82) is 0 Å². The van der Waals surface area contributed by atoms with Crippen LogP contribution in [-0.4, -0.2) is 18.3 Å². The number of benzene rings is 1. The van der Waals surface area contributed by atoms with Gasteiger partial charge in [-0.25, -0.2) is 0 Å². The van der Waals surface area contributed by atoms with E-state index in [0.29, 0.717) is 15.3 Å². The van der Waals surface area contributed by atoms with E-state index in [4.69, 9.17) is 23.2 Å². The molecule has 1 saturated heterocycles. The highest BCUT2D eigenvalue weighted by Crippen LogP contribution is 2.31. The van der Waals surface area contributed by atoms with E-state index in [1.807, 2.05) is 30.0 Å². The van der Waals surface area contributed by atoms with Gasteiger partial charge in [-0.2, -0.15) is 0 Å². The van der Waals surface area contributed by atoms with Gasteiger partial charge in [0, 0.05) is 16.7 Å². The zero-order valence-electron chi connectivity index (χ0n) is 7.59. The average molecular weight is 248 g/mol. The van der Waals surface area contributed by atoms with Crippen LogP contribution in [0.25, 0.3) is 0 Å². The van der Waals surface area contributed by atoms with Crippen molar-refractivity contribution in [3.63, 3.8) is 0 Å². The zero-order chi connectivity index (χ0) is 9.97. The Labute approximate surface area is 98.2 Å². The van der Waals surface area contributed by atoms with Crippen LogP contribution in [0.5, 0.6) is 0 Å². The van der Waals surface area contributed by atoms with E-state index in [2.05, 4.69) is 5.32 Å². The highest BCUT2D eigenvalue weighted by Gasteiger charge is 2.15. The molecule has 1 aliphatic rings. The molecule has 0 unspecified atom stereocenters. The van der Waals surface area contributed by atoms with Crippen LogP contribution in [0.15, 0.2) is 23.1 Å². The molecule has 1 aliphatic heterocycles. The highest BCUT2D eigenvalue weighted by atomic mass is 35.5. The van der Waals surface area contributed by atoms with Gasteiger partial charge in [0.25, 0.3) is 0 Å². The molecule has 0 aromatic heterocycles. The van der Waals surface area contributed by atoms with E-state index in [-0.39, 0.29) is 0 Å². The van der Waals surface area contributed by atoms with Gasteiger partial charge in [0.15, 0.2) is 0 Å². The van der Waals surface area contributed by atoms with Crippen molar-refractivity contribution in [2.24, 2.45) is 0 Å². The Balaban J connectivity index is 2.05. The smallest absolute Gasteiger partial charge is 0.0603 e. The van der Waals surface area contributed by atoms with Crippen molar-refractivity contribution >= 4 is 35.0 Å². The van der Waals surface area contributed by atoms with Crippen LogP contribution >= 0.6 is 35.0 Å². The molecule has 1 N–H and O–H groups in total. The summed E-state index contributed by atoms with van der Waals surface area (Å²) in [5.74, 6) is 0. The summed E-state index contributed by atoms with van der Waals surface area (Å²) in [4.78, 5) is 1.20. The number of thioether (sulfide) groups is 1. The third-order valence-electron chi connectivity index (χ3n) is 2.21. The van der Waals surface area contributed by atoms with E-state index in [9.17, 15) is 0 Å². The average Bonchev–Trinajstić information content (AvgIpc) is 2.64. The van der Waals surface area contributed by atoms with E-state index in [1.54, 1.807) is 0 Å². The Morgan fingerprint density at radius 2 is 2.14 bits per heavy atom. The van der Waals surface area contributed by atoms with Gasteiger partial charge in [-0.15, -0.1) is 11.8 Å². The topological polar surface area (TPSA) is 12.0 Å². The first-order chi connectivity index (χ1) is 6.75. The predicted octanol–water partition coefficient (Wildman–Crippen LogP) is 3.45. The minimum Gasteiger partial charge on any atom is -0.316 e. The maximum atomic E-state index is 5.94. The minimum atomic E-state index is 0.626. The van der Waals surface area contributed by atoms with Crippen molar-refractivity contribution < 1.29 is 0 Å². The van der Waals surface area contributed by atoms with Crippen molar-refractivity contribution in [3.05, 3.63) is 28.2 Å². The molecule has 4 heteroatoms. The maximum absolute atomic E-state index is 5.94. The molecule has 0 amide bonds. The molecule has 0 spiro atoms. The van der Waals surface area contributed by atoms with E-state index in [0.717, 1.165) is 13.1 Å². The second kappa shape index (κ2) is 4.75. The van der Waals surface area contributed by atoms with E-state index < -0.39 is 0 Å². The SMILES string of the molecule is Clc1ccc(S[C@H]2CCNC2)cc1Cl. The lowest BCUT2D eigenvalue weighted by atomic mass is 10.4. The van der Waals surface area contributed by atoms with Gasteiger partial charge >= 0.3 is 0 Å². The van der Waals surface area contributed by atoms with Crippen LogP contribution in [-0.2, 0) is 0 Å². The monoisotopic (exact) mass is 247 g/mol. The number of nitrogens with one attached hydrogen (secondary N) is 1. The van der Waals surface area contributed by atoms with Crippen LogP contribution in [0, 0.1) is 0 Å². The molecule has 0 bridgehead atoms. The van der Waals surface area contributed by atoms with Gasteiger partial charge < -0.3 is 5.32 Å². The van der Waals surface area contributed by atoms with Gasteiger partial charge in [0.2, 0.25) is 0 Å². The summed E-state index contributed by atoms with van der Waals surface area (Å²) in [7, 11) is 0. The molecule has 1 atom stereocenters. The summed E-state index contributed by atoms with van der Waals surface area (Å²) in [5.41, 5.74) is 0. The number of rotatable bonds is 2. The summed E-state index contributed by atoms with van der Waals surface area (Å²) >= 11 is 13.7. The van der Waals surface area contributed by atoms with E-state index >= 15 is 0 Å². The van der Waals surface area contributed by atoms with Crippen LogP contribution in [0.1, 0.15) is 6.42 Å². The summed E-state index contributed by atoms with van der Waals surface area (Å²) in [6.45, 7) is 2.21. The van der Waals surface area contributed by atoms with Gasteiger partial charge in [0.05, 0.1) is 10.0 Å². The zero-order valence-corrected chi connectivity index (χ0v) is 9.92. The summed E-state index contributed by atoms with van der Waals surface area (Å²) in [6, 6.07) is 5.82. The van der Waals surface area contributed by atoms with Crippen LogP contribution in [0.4, 0.5) is 0 Å². The molecule has 1 heterocycles. The van der Waals surface area contributed by atoms with Crippen molar-refractivity contribution in [3.8, 4) is 0 Å². The standard InChI is InChI=1S/C10H11Cl2NS/c11-9-2-1-7(5-10(9)12)14-8-3-4-13-6-8/h1-2,5,8,13H,3-4,6H2/t8-/m0/s1. The third-order valence-corrected chi connectivity index (χ3v) is 4.21. The van der Waals surface area contributed by atoms with Gasteiger partial charge in [-0.1, -0.05) is 23.2 Å². The molecule has 1 nitrogen and oxygen atoms in total. The van der Waals surface area contributed by atoms with Crippen molar-refractivity contribution in [1.82, 2.24) is 5.32 Å². The molecule has 1 aromatic carbocycles. The van der Waals surface area contributed by atoms with Crippen molar-refractivity contribution in [2.45, 2.75) is 16.6 Å². The second-order valence-corrected chi connectivity index (χ2v) is 5.50. The number of hydrogen-bond acceptors (Lipinski definition) is 2. The normalized spacial score (nSPS) is 21.4. The Bertz CT molecular complexity index is 324. The van der Waals surface area contributed by atoms with Crippen molar-refractivity contribution in [2.75, 3.05) is 13.1 Å². The fourth-order valence-electron chi connectivity index (χ4n) is 1.47. The fraction of sp³-hybridized carbons (Fsp3) is 0.400. The third kappa shape index (κ3) is 2.57. The molecule has 1 aromatic rings. The largest absolute Gasteiger partial charge is 0.316 e. The Morgan fingerprint density at radius 3 is 2.79 bits per heavy atom. The van der Waals surface area contributed by atoms with Gasteiger partial charge in [-0.3, -0.25) is 0 Å². The summed E-state index contributed by atoms with van der Waals surface area (Å²) in [5, 5.41) is 5.28. The first kappa shape index (κ1) is 10.6. The number of halogens is 2. The first-order valence-electron chi connectivity index (χ1n) is 4.58. The molecule has 0 radical (unpaired) electrons. The molecule has 76 valence electrons. The van der Waals surface area contributed by atoms with E-state index in [1.165, 1.54) is 11.3 Å². The lowest BCUT2D eigenvalue weighted by Crippen LogP contribution is -2.09. The molecule has 14 heavy (non-hydrogen) atoms. The summed E-state index contributed by atoms with van der Waals surface area (Å²) in [6.07, 6.45) is 1.23. The number of hydrogen-bond donors (Lipinski definition) is 1. The Morgan fingerprint density at radius 1 is 1.29 bits per heavy atom. The quantitative estimate of drug-likeness (QED) is 0.860. The lowest BCUT2D eigenvalue weighted by Gasteiger charge is -2.08. The highest BCUT2D eigenvalue weighted by molar-refractivity contribution is 8.00. The fourth-order valence-corrected chi connectivity index (χ4v) is 2.99. The predicted molar refractivity (Wildman–Crippen MR) is 63.6 cm³/mol. The molecular formula is C10H11Cl2NS.